The smallest absolute Gasteiger partial charge is 0.306 e. The minimum atomic E-state index is -1.63. The highest BCUT2D eigenvalue weighted by Gasteiger charge is 2.47. The molecule has 11 heteroatoms. The molecule has 0 aromatic heterocycles. The van der Waals surface area contributed by atoms with Gasteiger partial charge < -0.3 is 45.1 Å². The highest BCUT2D eigenvalue weighted by molar-refractivity contribution is 5.80. The van der Waals surface area contributed by atoms with Crippen LogP contribution in [0.2, 0.25) is 0 Å². The first-order valence-corrected chi connectivity index (χ1v) is 27.4. The fourth-order valence-corrected chi connectivity index (χ4v) is 8.06. The molecule has 1 heterocycles. The number of amides is 1. The van der Waals surface area contributed by atoms with Crippen LogP contribution in [0.25, 0.3) is 0 Å². The van der Waals surface area contributed by atoms with Crippen LogP contribution in [-0.2, 0) is 23.8 Å². The fourth-order valence-electron chi connectivity index (χ4n) is 8.06. The van der Waals surface area contributed by atoms with Gasteiger partial charge in [-0.15, -0.1) is 0 Å². The van der Waals surface area contributed by atoms with Crippen LogP contribution in [0.1, 0.15) is 207 Å². The van der Waals surface area contributed by atoms with Crippen molar-refractivity contribution in [3.63, 3.8) is 0 Å². The number of carbonyl (C=O) groups excluding carboxylic acids is 2. The summed E-state index contributed by atoms with van der Waals surface area (Å²) in [5.74, 6) is -1.24. The van der Waals surface area contributed by atoms with Crippen LogP contribution < -0.4 is 5.32 Å². The Morgan fingerprint density at radius 2 is 1.04 bits per heavy atom. The van der Waals surface area contributed by atoms with E-state index in [-0.39, 0.29) is 19.4 Å². The number of hydrogen-bond donors (Lipinski definition) is 6. The first-order chi connectivity index (χ1) is 33.7. The molecule has 6 N–H and O–H groups in total. The molecule has 8 unspecified atom stereocenters. The molecule has 396 valence electrons. The van der Waals surface area contributed by atoms with E-state index in [1.54, 1.807) is 6.08 Å². The molecule has 0 aliphatic carbocycles. The zero-order valence-corrected chi connectivity index (χ0v) is 43.4. The molecule has 0 saturated carbocycles. The third kappa shape index (κ3) is 34.7. The Labute approximate surface area is 419 Å². The molecule has 69 heavy (non-hydrogen) atoms. The minimum absolute atomic E-state index is 0.103. The summed E-state index contributed by atoms with van der Waals surface area (Å²) in [6.07, 6.45) is 47.7. The van der Waals surface area contributed by atoms with E-state index in [0.717, 1.165) is 103 Å². The number of aliphatic hydroxyl groups excluding tert-OH is 5. The third-order valence-electron chi connectivity index (χ3n) is 12.4. The number of aliphatic hydroxyl groups is 5. The van der Waals surface area contributed by atoms with Crippen molar-refractivity contribution in [1.29, 1.82) is 0 Å². The van der Waals surface area contributed by atoms with Crippen molar-refractivity contribution in [1.82, 2.24) is 5.32 Å². The number of rotatable bonds is 44. The first-order valence-electron chi connectivity index (χ1n) is 27.4. The predicted molar refractivity (Wildman–Crippen MR) is 282 cm³/mol. The maximum atomic E-state index is 13.3. The summed E-state index contributed by atoms with van der Waals surface area (Å²) in [6.45, 7) is 5.47. The number of hydrogen-bond acceptors (Lipinski definition) is 10. The molecule has 1 saturated heterocycles. The number of allylic oxidation sites excluding steroid dienone is 13. The highest BCUT2D eigenvalue weighted by atomic mass is 16.7. The maximum absolute atomic E-state index is 13.3. The van der Waals surface area contributed by atoms with Crippen LogP contribution in [0, 0.1) is 0 Å². The van der Waals surface area contributed by atoms with Crippen LogP contribution in [0.15, 0.2) is 85.1 Å². The number of ether oxygens (including phenoxy) is 3. The van der Waals surface area contributed by atoms with Crippen LogP contribution in [-0.4, -0.2) is 99.6 Å². The second-order valence-electron chi connectivity index (χ2n) is 18.7. The Morgan fingerprint density at radius 1 is 0.580 bits per heavy atom. The van der Waals surface area contributed by atoms with Crippen LogP contribution in [0.3, 0.4) is 0 Å². The monoisotopic (exact) mass is 970 g/mol. The normalized spacial score (nSPS) is 20.5. The Balaban J connectivity index is 2.78. The summed E-state index contributed by atoms with van der Waals surface area (Å²) in [7, 11) is 0. The van der Waals surface area contributed by atoms with Crippen molar-refractivity contribution in [3.05, 3.63) is 85.1 Å². The van der Waals surface area contributed by atoms with Gasteiger partial charge in [-0.3, -0.25) is 9.59 Å². The van der Waals surface area contributed by atoms with Gasteiger partial charge in [0.15, 0.2) is 12.4 Å². The number of carbonyl (C=O) groups is 2. The van der Waals surface area contributed by atoms with E-state index in [4.69, 9.17) is 14.2 Å². The summed E-state index contributed by atoms with van der Waals surface area (Å²) in [6, 6.07) is -1.04. The van der Waals surface area contributed by atoms with Crippen molar-refractivity contribution in [2.75, 3.05) is 13.2 Å². The highest BCUT2D eigenvalue weighted by Crippen LogP contribution is 2.26. The molecule has 8 atom stereocenters. The predicted octanol–water partition coefficient (Wildman–Crippen LogP) is 11.8. The summed E-state index contributed by atoms with van der Waals surface area (Å²) in [5, 5.41) is 56.7. The summed E-state index contributed by atoms with van der Waals surface area (Å²) < 4.78 is 17.5. The van der Waals surface area contributed by atoms with Crippen molar-refractivity contribution in [2.24, 2.45) is 0 Å². The van der Waals surface area contributed by atoms with E-state index in [1.807, 2.05) is 42.5 Å². The lowest BCUT2D eigenvalue weighted by Crippen LogP contribution is -2.61. The van der Waals surface area contributed by atoms with Gasteiger partial charge in [0.1, 0.15) is 24.4 Å². The third-order valence-corrected chi connectivity index (χ3v) is 12.4. The van der Waals surface area contributed by atoms with E-state index < -0.39 is 67.4 Å². The number of esters is 1. The molecule has 1 fully saturated rings. The van der Waals surface area contributed by atoms with Crippen LogP contribution in [0.5, 0.6) is 0 Å². The molecule has 1 rings (SSSR count). The van der Waals surface area contributed by atoms with E-state index in [1.165, 1.54) is 57.8 Å². The number of unbranched alkanes of at least 4 members (excludes halogenated alkanes) is 22. The summed E-state index contributed by atoms with van der Waals surface area (Å²) in [4.78, 5) is 26.4. The van der Waals surface area contributed by atoms with Gasteiger partial charge in [0.2, 0.25) is 5.91 Å². The van der Waals surface area contributed by atoms with Gasteiger partial charge in [-0.2, -0.15) is 0 Å². The number of nitrogens with one attached hydrogen (secondary N) is 1. The minimum Gasteiger partial charge on any atom is -0.454 e. The zero-order valence-electron chi connectivity index (χ0n) is 43.4. The van der Waals surface area contributed by atoms with Gasteiger partial charge in [-0.05, 0) is 64.2 Å². The van der Waals surface area contributed by atoms with Crippen molar-refractivity contribution in [3.8, 4) is 0 Å². The molecule has 1 aliphatic heterocycles. The maximum Gasteiger partial charge on any atom is 0.306 e. The summed E-state index contributed by atoms with van der Waals surface area (Å²) >= 11 is 0. The van der Waals surface area contributed by atoms with Crippen LogP contribution >= 0.6 is 0 Å². The van der Waals surface area contributed by atoms with E-state index in [9.17, 15) is 35.1 Å². The average molecular weight is 970 g/mol. The van der Waals surface area contributed by atoms with E-state index >= 15 is 0 Å². The molecular weight excluding hydrogens is 871 g/mol. The molecule has 1 aliphatic rings. The molecule has 0 aromatic rings. The fraction of sp³-hybridized carbons (Fsp3) is 0.724. The second-order valence-corrected chi connectivity index (χ2v) is 18.7. The van der Waals surface area contributed by atoms with Crippen LogP contribution in [0.4, 0.5) is 0 Å². The Morgan fingerprint density at radius 3 is 1.55 bits per heavy atom. The first kappa shape index (κ1) is 63.9. The average Bonchev–Trinajstić information content (AvgIpc) is 3.34. The Hall–Kier alpha value is -3.16. The SMILES string of the molecule is CC/C=C/C=C/C=C\CCCCCCC(O)C(=O)NC(COC1OC(CO)C(O)C(O)C1OC(=O)CCCCCCCCC/C=C/C=C/C=C/CC)C(O)/C=C/CCCCCCCCCCCCC. The molecule has 0 aromatic carbocycles. The van der Waals surface area contributed by atoms with Gasteiger partial charge >= 0.3 is 5.97 Å². The van der Waals surface area contributed by atoms with Gasteiger partial charge in [0.25, 0.3) is 0 Å². The van der Waals surface area contributed by atoms with Gasteiger partial charge in [0.05, 0.1) is 25.4 Å². The quantitative estimate of drug-likeness (QED) is 0.0149. The standard InChI is InChI=1S/C58H99NO10/c1-4-7-10-13-16-19-22-25-26-28-31-34-37-40-43-46-53(63)69-56-55(65)54(64)52(47-60)68-58(56)67-48-49(50(61)44-41-38-35-32-30-27-23-20-17-14-11-8-5-2)59-57(66)51(62)45-42-39-36-33-29-24-21-18-15-12-9-6-3/h7,9-10,12-13,15-16,18-19,21-22,24,41,44,49-52,54-56,58,60-62,64-65H,4-6,8,11,14,17,20,23,25-40,42-43,45-48H2,1-3H3,(H,59,66)/b10-7+,12-9+,16-13+,18-15+,22-19+,24-21-,44-41+. The summed E-state index contributed by atoms with van der Waals surface area (Å²) in [5.41, 5.74) is 0. The van der Waals surface area contributed by atoms with Gasteiger partial charge in [-0.25, -0.2) is 0 Å². The Kier molecular flexibility index (Phi) is 42.5. The molecule has 0 spiro atoms. The molecule has 1 amide bonds. The second kappa shape index (κ2) is 45.9. The largest absolute Gasteiger partial charge is 0.454 e. The lowest BCUT2D eigenvalue weighted by Gasteiger charge is -2.41. The van der Waals surface area contributed by atoms with Crippen molar-refractivity contribution in [2.45, 2.75) is 256 Å². The topological polar surface area (TPSA) is 175 Å². The molecule has 0 radical (unpaired) electrons. The molecule has 0 bridgehead atoms. The van der Waals surface area contributed by atoms with Crippen molar-refractivity contribution < 1.29 is 49.3 Å². The lowest BCUT2D eigenvalue weighted by atomic mass is 9.99. The zero-order chi connectivity index (χ0) is 50.4. The molecular formula is C58H99NO10. The van der Waals surface area contributed by atoms with E-state index in [2.05, 4.69) is 62.5 Å². The molecule has 11 nitrogen and oxygen atoms in total. The van der Waals surface area contributed by atoms with Gasteiger partial charge in [-0.1, -0.05) is 221 Å². The van der Waals surface area contributed by atoms with E-state index in [0.29, 0.717) is 12.8 Å². The Bertz CT molecular complexity index is 1440. The van der Waals surface area contributed by atoms with Gasteiger partial charge in [0, 0.05) is 6.42 Å². The van der Waals surface area contributed by atoms with Crippen molar-refractivity contribution >= 4 is 11.9 Å². The lowest BCUT2D eigenvalue weighted by molar-refractivity contribution is -0.305.